The zero-order valence-corrected chi connectivity index (χ0v) is 10.7. The monoisotopic (exact) mass is 270 g/mol. The van der Waals surface area contributed by atoms with E-state index in [4.69, 9.17) is 9.63 Å². The third kappa shape index (κ3) is 3.35. The maximum Gasteiger partial charge on any atom is 0.513 e. The molecule has 18 heavy (non-hydrogen) atoms. The van der Waals surface area contributed by atoms with Gasteiger partial charge in [-0.1, -0.05) is 12.6 Å². The van der Waals surface area contributed by atoms with Gasteiger partial charge in [0.2, 0.25) is 5.66 Å². The molecule has 0 spiro atoms. The molecule has 0 radical (unpaired) electrons. The van der Waals surface area contributed by atoms with Crippen LogP contribution in [0.4, 0.5) is 5.69 Å². The smallest absolute Gasteiger partial charge is 0.490 e. The normalized spacial score (nSPS) is 12.7. The molecule has 0 aliphatic rings. The Morgan fingerprint density at radius 1 is 1.67 bits per heavy atom. The maximum absolute atomic E-state index is 11.0. The first kappa shape index (κ1) is 14.3. The lowest BCUT2D eigenvalue weighted by Gasteiger charge is -2.05. The zero-order chi connectivity index (χ0) is 13.7. The minimum atomic E-state index is -2.36. The molecule has 2 unspecified atom stereocenters. The lowest BCUT2D eigenvalue weighted by molar-refractivity contribution is -0.385. The van der Waals surface area contributed by atoms with Gasteiger partial charge >= 0.3 is 13.7 Å². The molecule has 1 aromatic rings. The van der Waals surface area contributed by atoms with Crippen molar-refractivity contribution in [2.45, 2.75) is 12.1 Å². The molecule has 96 valence electrons. The van der Waals surface area contributed by atoms with E-state index in [2.05, 4.69) is 6.58 Å². The highest BCUT2D eigenvalue weighted by Gasteiger charge is 2.26. The Labute approximate surface area is 105 Å². The van der Waals surface area contributed by atoms with Crippen LogP contribution < -0.4 is 4.74 Å². The third-order valence-electron chi connectivity index (χ3n) is 2.44. The highest BCUT2D eigenvalue weighted by molar-refractivity contribution is 7.39. The van der Waals surface area contributed by atoms with Crippen molar-refractivity contribution in [3.05, 3.63) is 46.5 Å². The standard InChI is InChI=1S/C11H12NO5P/c1-3-9(18(15)16)6-8-4-5-10(12(13)14)11(7-8)17-2/h3-5,7,9H,1,6H2,2H3/p+1. The lowest BCUT2D eigenvalue weighted by Crippen LogP contribution is -2.03. The van der Waals surface area contributed by atoms with Gasteiger partial charge in [-0.25, -0.2) is 0 Å². The van der Waals surface area contributed by atoms with Crippen molar-refractivity contribution >= 4 is 13.7 Å². The van der Waals surface area contributed by atoms with Crippen LogP contribution in [-0.4, -0.2) is 22.6 Å². The molecule has 6 nitrogen and oxygen atoms in total. The number of methoxy groups -OCH3 is 1. The van der Waals surface area contributed by atoms with Gasteiger partial charge in [-0.15, -0.1) is 0 Å². The Morgan fingerprint density at radius 3 is 2.78 bits per heavy atom. The van der Waals surface area contributed by atoms with Crippen molar-refractivity contribution in [2.24, 2.45) is 0 Å². The average molecular weight is 270 g/mol. The molecule has 2 atom stereocenters. The first-order chi connectivity index (χ1) is 8.49. The number of benzene rings is 1. The summed E-state index contributed by atoms with van der Waals surface area (Å²) in [6, 6.07) is 4.35. The molecule has 7 heteroatoms. The predicted octanol–water partition coefficient (Wildman–Crippen LogP) is 2.44. The summed E-state index contributed by atoms with van der Waals surface area (Å²) in [4.78, 5) is 19.2. The molecule has 0 aliphatic heterocycles. The predicted molar refractivity (Wildman–Crippen MR) is 67.2 cm³/mol. The van der Waals surface area contributed by atoms with Crippen molar-refractivity contribution in [1.29, 1.82) is 0 Å². The Kier molecular flexibility index (Phi) is 4.95. The highest BCUT2D eigenvalue weighted by atomic mass is 31.1. The molecular formula is C11H13NO5P+. The Balaban J connectivity index is 3.02. The summed E-state index contributed by atoms with van der Waals surface area (Å²) < 4.78 is 15.9. The molecule has 0 amide bonds. The maximum atomic E-state index is 11.0. The van der Waals surface area contributed by atoms with Gasteiger partial charge in [-0.05, 0) is 22.3 Å². The van der Waals surface area contributed by atoms with E-state index >= 15 is 0 Å². The van der Waals surface area contributed by atoms with Crippen LogP contribution in [0.2, 0.25) is 0 Å². The topological polar surface area (TPSA) is 89.7 Å². The molecule has 0 bridgehead atoms. The van der Waals surface area contributed by atoms with Crippen LogP contribution in [0.1, 0.15) is 5.56 Å². The molecule has 0 fully saturated rings. The fraction of sp³-hybridized carbons (Fsp3) is 0.273. The van der Waals surface area contributed by atoms with E-state index in [1.54, 1.807) is 0 Å². The van der Waals surface area contributed by atoms with Crippen LogP contribution in [0.5, 0.6) is 5.75 Å². The van der Waals surface area contributed by atoms with Crippen LogP contribution in [-0.2, 0) is 11.0 Å². The first-order valence-electron chi connectivity index (χ1n) is 5.08. The van der Waals surface area contributed by atoms with E-state index in [0.29, 0.717) is 5.56 Å². The summed E-state index contributed by atoms with van der Waals surface area (Å²) in [6.45, 7) is 3.48. The van der Waals surface area contributed by atoms with Gasteiger partial charge in [0.05, 0.1) is 12.0 Å². The number of rotatable bonds is 6. The van der Waals surface area contributed by atoms with Crippen LogP contribution in [0.15, 0.2) is 30.9 Å². The van der Waals surface area contributed by atoms with E-state index in [-0.39, 0.29) is 17.9 Å². The number of nitro groups is 1. The van der Waals surface area contributed by atoms with E-state index in [1.807, 2.05) is 0 Å². The van der Waals surface area contributed by atoms with Crippen LogP contribution in [0.3, 0.4) is 0 Å². The van der Waals surface area contributed by atoms with Crippen molar-refractivity contribution in [1.82, 2.24) is 0 Å². The summed E-state index contributed by atoms with van der Waals surface area (Å²) in [5.74, 6) is 0.133. The SMILES string of the molecule is C=CC(Cc1ccc([N+](=O)[O-])c(OC)c1)[P+](=O)O. The number of nitrogens with zero attached hydrogens (tertiary/aromatic N) is 1. The van der Waals surface area contributed by atoms with E-state index in [9.17, 15) is 14.7 Å². The number of ether oxygens (including phenoxy) is 1. The van der Waals surface area contributed by atoms with Crippen molar-refractivity contribution < 1.29 is 19.1 Å². The van der Waals surface area contributed by atoms with Crippen LogP contribution in [0, 0.1) is 10.1 Å². The first-order valence-corrected chi connectivity index (χ1v) is 6.36. The Morgan fingerprint density at radius 2 is 2.33 bits per heavy atom. The van der Waals surface area contributed by atoms with Crippen LogP contribution >= 0.6 is 8.03 Å². The largest absolute Gasteiger partial charge is 0.513 e. The van der Waals surface area contributed by atoms with Gasteiger partial charge in [0, 0.05) is 12.5 Å². The summed E-state index contributed by atoms with van der Waals surface area (Å²) in [5, 5.41) is 10.7. The van der Waals surface area contributed by atoms with Gasteiger partial charge < -0.3 is 4.74 Å². The summed E-state index contributed by atoms with van der Waals surface area (Å²) in [6.07, 6.45) is 1.68. The van der Waals surface area contributed by atoms with Gasteiger partial charge in [0.25, 0.3) is 0 Å². The Hall–Kier alpha value is -1.78. The summed E-state index contributed by atoms with van der Waals surface area (Å²) >= 11 is 0. The molecule has 0 aromatic heterocycles. The summed E-state index contributed by atoms with van der Waals surface area (Å²) in [5.41, 5.74) is -0.0318. The molecule has 0 saturated carbocycles. The molecular weight excluding hydrogens is 257 g/mol. The fourth-order valence-electron chi connectivity index (χ4n) is 1.49. The molecule has 1 aromatic carbocycles. The number of nitro benzene ring substituents is 1. The Bertz CT molecular complexity index is 488. The van der Waals surface area contributed by atoms with Gasteiger partial charge in [0.15, 0.2) is 5.75 Å². The van der Waals surface area contributed by atoms with Crippen LogP contribution in [0.25, 0.3) is 0 Å². The van der Waals surface area contributed by atoms with Crippen molar-refractivity contribution in [3.63, 3.8) is 0 Å². The minimum Gasteiger partial charge on any atom is -0.490 e. The second-order valence-electron chi connectivity index (χ2n) is 3.57. The number of hydrogen-bond donors (Lipinski definition) is 1. The van der Waals surface area contributed by atoms with Gasteiger partial charge in [-0.2, -0.15) is 4.89 Å². The second kappa shape index (κ2) is 6.23. The van der Waals surface area contributed by atoms with E-state index < -0.39 is 18.6 Å². The molecule has 0 saturated heterocycles. The minimum absolute atomic E-state index is 0.133. The van der Waals surface area contributed by atoms with E-state index in [1.165, 1.54) is 31.4 Å². The van der Waals surface area contributed by atoms with Crippen molar-refractivity contribution in [2.75, 3.05) is 7.11 Å². The fourth-order valence-corrected chi connectivity index (χ4v) is 2.04. The van der Waals surface area contributed by atoms with Gasteiger partial charge in [-0.3, -0.25) is 10.1 Å². The molecule has 0 aliphatic carbocycles. The van der Waals surface area contributed by atoms with Crippen molar-refractivity contribution in [3.8, 4) is 5.75 Å². The zero-order valence-electron chi connectivity index (χ0n) is 9.78. The third-order valence-corrected chi connectivity index (χ3v) is 3.40. The molecule has 1 N–H and O–H groups in total. The quantitative estimate of drug-likeness (QED) is 0.371. The highest BCUT2D eigenvalue weighted by Crippen LogP contribution is 2.31. The number of hydrogen-bond acceptors (Lipinski definition) is 4. The second-order valence-corrected chi connectivity index (χ2v) is 4.84. The molecule has 1 rings (SSSR count). The van der Waals surface area contributed by atoms with E-state index in [0.717, 1.165) is 0 Å². The lowest BCUT2D eigenvalue weighted by atomic mass is 10.1. The summed E-state index contributed by atoms with van der Waals surface area (Å²) in [7, 11) is -1.03. The average Bonchev–Trinajstić information content (AvgIpc) is 2.34. The van der Waals surface area contributed by atoms with Gasteiger partial charge in [0.1, 0.15) is 0 Å². The molecule has 0 heterocycles. The number of allylic oxidation sites excluding steroid dienone is 1.